The molecule has 114 valence electrons. The molecule has 1 saturated heterocycles. The lowest BCUT2D eigenvalue weighted by Gasteiger charge is -2.13. The quantitative estimate of drug-likeness (QED) is 0.795. The topological polar surface area (TPSA) is 87.7 Å². The zero-order valence-electron chi connectivity index (χ0n) is 10.9. The van der Waals surface area contributed by atoms with Gasteiger partial charge >= 0.3 is 12.0 Å². The van der Waals surface area contributed by atoms with Gasteiger partial charge in [0.25, 0.3) is 0 Å². The molecule has 1 aromatic carbocycles. The number of benzene rings is 1. The average Bonchev–Trinajstić information content (AvgIpc) is 2.89. The Morgan fingerprint density at radius 1 is 1.43 bits per heavy atom. The SMILES string of the molecule is O=C(NCC1CCC(C(=O)O)O1)Nc1ccc(Cl)cc1F. The maximum Gasteiger partial charge on any atom is 0.332 e. The summed E-state index contributed by atoms with van der Waals surface area (Å²) < 4.78 is 18.7. The van der Waals surface area contributed by atoms with Crippen LogP contribution in [0.15, 0.2) is 18.2 Å². The Bertz CT molecular complexity index is 555. The number of carbonyl (C=O) groups excluding carboxylic acids is 1. The number of nitrogens with one attached hydrogen (secondary N) is 2. The van der Waals surface area contributed by atoms with Gasteiger partial charge in [0, 0.05) is 11.6 Å². The molecule has 1 aromatic rings. The molecular formula is C13H14ClFN2O4. The zero-order valence-corrected chi connectivity index (χ0v) is 11.7. The molecule has 0 bridgehead atoms. The van der Waals surface area contributed by atoms with Crippen LogP contribution in [-0.2, 0) is 9.53 Å². The lowest BCUT2D eigenvalue weighted by Crippen LogP contribution is -2.36. The molecule has 1 aliphatic rings. The van der Waals surface area contributed by atoms with Crippen molar-refractivity contribution in [2.24, 2.45) is 0 Å². The van der Waals surface area contributed by atoms with Crippen LogP contribution in [0.1, 0.15) is 12.8 Å². The highest BCUT2D eigenvalue weighted by Gasteiger charge is 2.30. The van der Waals surface area contributed by atoms with Crippen molar-refractivity contribution in [3.8, 4) is 0 Å². The Balaban J connectivity index is 1.79. The summed E-state index contributed by atoms with van der Waals surface area (Å²) >= 11 is 5.61. The minimum absolute atomic E-state index is 0.00709. The molecule has 2 amide bonds. The molecule has 2 unspecified atom stereocenters. The van der Waals surface area contributed by atoms with Gasteiger partial charge in [-0.25, -0.2) is 14.0 Å². The van der Waals surface area contributed by atoms with Crippen LogP contribution in [-0.4, -0.2) is 35.9 Å². The van der Waals surface area contributed by atoms with Gasteiger partial charge in [0.2, 0.25) is 0 Å². The smallest absolute Gasteiger partial charge is 0.332 e. The lowest BCUT2D eigenvalue weighted by molar-refractivity contribution is -0.149. The first kappa shape index (κ1) is 15.5. The molecular weight excluding hydrogens is 303 g/mol. The summed E-state index contributed by atoms with van der Waals surface area (Å²) in [6.45, 7) is 0.158. The van der Waals surface area contributed by atoms with Crippen LogP contribution in [0.2, 0.25) is 5.02 Å². The highest BCUT2D eigenvalue weighted by molar-refractivity contribution is 6.30. The van der Waals surface area contributed by atoms with E-state index < -0.39 is 23.9 Å². The molecule has 1 aliphatic heterocycles. The number of aliphatic carboxylic acids is 1. The third-order valence-corrected chi connectivity index (χ3v) is 3.29. The predicted octanol–water partition coefficient (Wildman–Crippen LogP) is 2.23. The van der Waals surface area contributed by atoms with E-state index in [1.165, 1.54) is 12.1 Å². The van der Waals surface area contributed by atoms with Crippen LogP contribution < -0.4 is 10.6 Å². The fourth-order valence-corrected chi connectivity index (χ4v) is 2.16. The van der Waals surface area contributed by atoms with Crippen LogP contribution in [0.4, 0.5) is 14.9 Å². The van der Waals surface area contributed by atoms with Crippen molar-refractivity contribution < 1.29 is 23.8 Å². The van der Waals surface area contributed by atoms with Crippen molar-refractivity contribution in [3.63, 3.8) is 0 Å². The van der Waals surface area contributed by atoms with Gasteiger partial charge in [0.15, 0.2) is 6.10 Å². The molecule has 0 spiro atoms. The second-order valence-corrected chi connectivity index (χ2v) is 5.06. The molecule has 2 atom stereocenters. The Kier molecular flexibility index (Phi) is 4.98. The molecule has 2 rings (SSSR count). The largest absolute Gasteiger partial charge is 0.479 e. The van der Waals surface area contributed by atoms with E-state index in [0.717, 1.165) is 6.07 Å². The number of hydrogen-bond donors (Lipinski definition) is 3. The molecule has 6 nitrogen and oxygen atoms in total. The number of ether oxygens (including phenoxy) is 1. The second kappa shape index (κ2) is 6.73. The normalized spacial score (nSPS) is 21.0. The van der Waals surface area contributed by atoms with Gasteiger partial charge in [0.05, 0.1) is 11.8 Å². The molecule has 0 aromatic heterocycles. The molecule has 1 heterocycles. The summed E-state index contributed by atoms with van der Waals surface area (Å²) in [5, 5.41) is 13.9. The average molecular weight is 317 g/mol. The molecule has 0 saturated carbocycles. The number of rotatable bonds is 4. The van der Waals surface area contributed by atoms with E-state index >= 15 is 0 Å². The number of amides is 2. The van der Waals surface area contributed by atoms with Gasteiger partial charge in [-0.05, 0) is 31.0 Å². The number of carboxylic acid groups (broad SMARTS) is 1. The van der Waals surface area contributed by atoms with E-state index in [4.69, 9.17) is 21.4 Å². The first-order valence-electron chi connectivity index (χ1n) is 6.34. The Morgan fingerprint density at radius 2 is 2.19 bits per heavy atom. The van der Waals surface area contributed by atoms with Crippen LogP contribution in [0.5, 0.6) is 0 Å². The second-order valence-electron chi connectivity index (χ2n) is 4.62. The minimum atomic E-state index is -1.01. The first-order valence-corrected chi connectivity index (χ1v) is 6.71. The van der Waals surface area contributed by atoms with Crippen molar-refractivity contribution >= 4 is 29.3 Å². The van der Waals surface area contributed by atoms with Crippen LogP contribution in [0.3, 0.4) is 0 Å². The maximum atomic E-state index is 13.5. The minimum Gasteiger partial charge on any atom is -0.479 e. The summed E-state index contributed by atoms with van der Waals surface area (Å²) in [6, 6.07) is 3.30. The summed E-state index contributed by atoms with van der Waals surface area (Å²) in [5.74, 6) is -1.65. The molecule has 21 heavy (non-hydrogen) atoms. The van der Waals surface area contributed by atoms with Gasteiger partial charge in [0.1, 0.15) is 5.82 Å². The monoisotopic (exact) mass is 316 g/mol. The highest BCUT2D eigenvalue weighted by Crippen LogP contribution is 2.20. The summed E-state index contributed by atoms with van der Waals surface area (Å²) in [5.41, 5.74) is 0.00709. The molecule has 8 heteroatoms. The predicted molar refractivity (Wildman–Crippen MR) is 74.0 cm³/mol. The van der Waals surface area contributed by atoms with E-state index in [0.29, 0.717) is 12.8 Å². The maximum absolute atomic E-state index is 13.5. The van der Waals surface area contributed by atoms with E-state index in [1.54, 1.807) is 0 Å². The van der Waals surface area contributed by atoms with Crippen LogP contribution >= 0.6 is 11.6 Å². The van der Waals surface area contributed by atoms with Gasteiger partial charge < -0.3 is 20.5 Å². The lowest BCUT2D eigenvalue weighted by atomic mass is 10.2. The van der Waals surface area contributed by atoms with E-state index in [2.05, 4.69) is 10.6 Å². The van der Waals surface area contributed by atoms with E-state index in [-0.39, 0.29) is 23.4 Å². The molecule has 0 radical (unpaired) electrons. The third kappa shape index (κ3) is 4.30. The van der Waals surface area contributed by atoms with E-state index in [1.807, 2.05) is 0 Å². The van der Waals surface area contributed by atoms with Crippen molar-refractivity contribution in [2.45, 2.75) is 25.0 Å². The Hall–Kier alpha value is -1.86. The fourth-order valence-electron chi connectivity index (χ4n) is 2.00. The number of carbonyl (C=O) groups is 2. The number of halogens is 2. The molecule has 0 aliphatic carbocycles. The van der Waals surface area contributed by atoms with Crippen LogP contribution in [0, 0.1) is 5.82 Å². The number of carboxylic acids is 1. The van der Waals surface area contributed by atoms with Crippen molar-refractivity contribution in [1.82, 2.24) is 5.32 Å². The fraction of sp³-hybridized carbons (Fsp3) is 0.385. The first-order chi connectivity index (χ1) is 9.95. The zero-order chi connectivity index (χ0) is 15.4. The number of urea groups is 1. The van der Waals surface area contributed by atoms with Crippen molar-refractivity contribution in [2.75, 3.05) is 11.9 Å². The van der Waals surface area contributed by atoms with Crippen molar-refractivity contribution in [1.29, 1.82) is 0 Å². The Labute approximate surface area is 125 Å². The number of hydrogen-bond acceptors (Lipinski definition) is 3. The van der Waals surface area contributed by atoms with Crippen molar-refractivity contribution in [3.05, 3.63) is 29.0 Å². The van der Waals surface area contributed by atoms with Gasteiger partial charge in [-0.2, -0.15) is 0 Å². The third-order valence-electron chi connectivity index (χ3n) is 3.05. The Morgan fingerprint density at radius 3 is 2.81 bits per heavy atom. The van der Waals surface area contributed by atoms with Gasteiger partial charge in [-0.3, -0.25) is 0 Å². The standard InChI is InChI=1S/C13H14ClFN2O4/c14-7-1-3-10(9(15)5-7)17-13(20)16-6-8-2-4-11(21-8)12(18)19/h1,3,5,8,11H,2,4,6H2,(H,18,19)(H2,16,17,20). The summed E-state index contributed by atoms with van der Waals surface area (Å²) in [6.07, 6.45) is -0.220. The molecule has 1 fully saturated rings. The van der Waals surface area contributed by atoms with Gasteiger partial charge in [-0.1, -0.05) is 11.6 Å². The van der Waals surface area contributed by atoms with E-state index in [9.17, 15) is 14.0 Å². The summed E-state index contributed by atoms with van der Waals surface area (Å²) in [4.78, 5) is 22.3. The van der Waals surface area contributed by atoms with Gasteiger partial charge in [-0.15, -0.1) is 0 Å². The molecule has 3 N–H and O–H groups in total. The number of anilines is 1. The highest BCUT2D eigenvalue weighted by atomic mass is 35.5. The van der Waals surface area contributed by atoms with Crippen LogP contribution in [0.25, 0.3) is 0 Å². The summed E-state index contributed by atoms with van der Waals surface area (Å²) in [7, 11) is 0.